The van der Waals surface area contributed by atoms with Crippen LogP contribution < -0.4 is 16.4 Å². The van der Waals surface area contributed by atoms with Gasteiger partial charge in [0.05, 0.1) is 18.4 Å². The molecule has 4 aromatic rings. The highest BCUT2D eigenvalue weighted by molar-refractivity contribution is 5.99. The molecule has 3 aromatic carbocycles. The number of aryl methyl sites for hydroxylation is 3. The second-order valence-corrected chi connectivity index (χ2v) is 9.51. The van der Waals surface area contributed by atoms with Crippen molar-refractivity contribution in [3.63, 3.8) is 0 Å². The van der Waals surface area contributed by atoms with Gasteiger partial charge in [0.2, 0.25) is 0 Å². The van der Waals surface area contributed by atoms with Crippen molar-refractivity contribution in [3.05, 3.63) is 125 Å². The van der Waals surface area contributed by atoms with Crippen LogP contribution in [0.25, 0.3) is 17.0 Å². The van der Waals surface area contributed by atoms with Crippen LogP contribution in [0.5, 0.6) is 0 Å². The van der Waals surface area contributed by atoms with Crippen molar-refractivity contribution in [3.8, 4) is 0 Å². The van der Waals surface area contributed by atoms with Crippen molar-refractivity contribution >= 4 is 40.5 Å². The Labute approximate surface area is 253 Å². The molecule has 7 nitrogen and oxygen atoms in total. The van der Waals surface area contributed by atoms with Gasteiger partial charge in [-0.1, -0.05) is 67.3 Å². The number of para-hydroxylation sites is 2. The SMILES string of the molecule is C=C(Nc1cc2c(cc1C(N)=O)CC=CC=C2)Nc1c(C)cccc1C.CF.CO.O=CCCc1c[nH]c2ccccc12. The molecule has 0 saturated heterocycles. The first-order valence-corrected chi connectivity index (χ1v) is 13.8. The fourth-order valence-electron chi connectivity index (χ4n) is 4.64. The second-order valence-electron chi connectivity index (χ2n) is 9.51. The molecule has 0 atom stereocenters. The summed E-state index contributed by atoms with van der Waals surface area (Å²) in [6.07, 6.45) is 13.2. The number of fused-ring (bicyclic) bond motifs is 2. The summed E-state index contributed by atoms with van der Waals surface area (Å²) in [7, 11) is 1.50. The van der Waals surface area contributed by atoms with Crippen molar-refractivity contribution in [2.75, 3.05) is 24.9 Å². The lowest BCUT2D eigenvalue weighted by atomic mass is 9.99. The standard InChI is InChI=1S/C22H23N3O.C11H11NO.CH3F.CH4O/c1-14-8-7-9-15(2)21(14)25-16(3)24-20-13-18-11-6-4-5-10-17(18)12-19(20)22(23)26;13-7-3-4-9-8-12-11-6-2-1-5-10(9)11;2*1-2/h4-9,11-13,24-25H,3,10H2,1-2H3,(H2,23,26);1-2,5-8,12H,3-4H2;1H3;2H,1H3. The van der Waals surface area contributed by atoms with E-state index in [1.807, 2.05) is 86.8 Å². The van der Waals surface area contributed by atoms with E-state index in [2.05, 4.69) is 34.3 Å². The van der Waals surface area contributed by atoms with Crippen LogP contribution in [-0.4, -0.2) is 36.6 Å². The Morgan fingerprint density at radius 3 is 2.42 bits per heavy atom. The maximum atomic E-state index is 11.9. The normalized spacial score (nSPS) is 10.8. The number of carbonyl (C=O) groups is 2. The minimum atomic E-state index is -0.465. The average Bonchev–Trinajstić information content (AvgIpc) is 3.29. The number of amides is 1. The lowest BCUT2D eigenvalue weighted by molar-refractivity contribution is -0.107. The summed E-state index contributed by atoms with van der Waals surface area (Å²) < 4.78 is 9.50. The molecule has 1 amide bonds. The van der Waals surface area contributed by atoms with Gasteiger partial charge in [0.15, 0.2) is 0 Å². The molecule has 43 heavy (non-hydrogen) atoms. The Morgan fingerprint density at radius 1 is 1.05 bits per heavy atom. The highest BCUT2D eigenvalue weighted by Crippen LogP contribution is 2.27. The second kappa shape index (κ2) is 17.8. The molecule has 0 spiro atoms. The number of hydrogen-bond acceptors (Lipinski definition) is 5. The van der Waals surface area contributed by atoms with E-state index >= 15 is 0 Å². The highest BCUT2D eigenvalue weighted by Gasteiger charge is 2.14. The van der Waals surface area contributed by atoms with Crippen LogP contribution in [0, 0.1) is 13.8 Å². The van der Waals surface area contributed by atoms with Gasteiger partial charge in [0, 0.05) is 36.3 Å². The predicted molar refractivity (Wildman–Crippen MR) is 177 cm³/mol. The zero-order valence-electron chi connectivity index (χ0n) is 25.2. The van der Waals surface area contributed by atoms with Crippen molar-refractivity contribution < 1.29 is 19.1 Å². The first-order valence-electron chi connectivity index (χ1n) is 13.8. The van der Waals surface area contributed by atoms with Gasteiger partial charge in [-0.3, -0.25) is 9.18 Å². The summed E-state index contributed by atoms with van der Waals surface area (Å²) in [4.78, 5) is 25.3. The topological polar surface area (TPSA) is 120 Å². The number of halogens is 1. The van der Waals surface area contributed by atoms with Crippen LogP contribution in [-0.2, 0) is 17.6 Å². The van der Waals surface area contributed by atoms with Crippen LogP contribution in [0.2, 0.25) is 0 Å². The van der Waals surface area contributed by atoms with E-state index in [1.54, 1.807) is 0 Å². The van der Waals surface area contributed by atoms with Crippen molar-refractivity contribution in [1.29, 1.82) is 0 Å². The molecule has 226 valence electrons. The number of allylic oxidation sites excluding steroid dienone is 3. The van der Waals surface area contributed by atoms with Gasteiger partial charge >= 0.3 is 0 Å². The molecule has 0 radical (unpaired) electrons. The number of nitrogens with one attached hydrogen (secondary N) is 3. The zero-order valence-corrected chi connectivity index (χ0v) is 25.2. The summed E-state index contributed by atoms with van der Waals surface area (Å²) >= 11 is 0. The number of hydrogen-bond donors (Lipinski definition) is 5. The minimum Gasteiger partial charge on any atom is -0.400 e. The molecule has 6 N–H and O–H groups in total. The fraction of sp³-hybridized carbons (Fsp3) is 0.200. The van der Waals surface area contributed by atoms with E-state index in [0.717, 1.165) is 59.7 Å². The van der Waals surface area contributed by atoms with E-state index in [1.165, 1.54) is 10.9 Å². The van der Waals surface area contributed by atoms with Crippen molar-refractivity contribution in [2.24, 2.45) is 5.73 Å². The molecule has 5 rings (SSSR count). The number of rotatable bonds is 8. The number of aldehydes is 1. The predicted octanol–water partition coefficient (Wildman–Crippen LogP) is 7.02. The molecule has 0 unspecified atom stereocenters. The summed E-state index contributed by atoms with van der Waals surface area (Å²) in [5.41, 5.74) is 14.4. The Bertz CT molecular complexity index is 1570. The number of H-pyrrole nitrogens is 1. The minimum absolute atomic E-state index is 0.455. The molecule has 1 heterocycles. The van der Waals surface area contributed by atoms with E-state index in [9.17, 15) is 14.0 Å². The number of aliphatic hydroxyl groups is 1. The number of primary amides is 1. The van der Waals surface area contributed by atoms with Crippen LogP contribution in [0.1, 0.15) is 44.6 Å². The van der Waals surface area contributed by atoms with E-state index in [4.69, 9.17) is 10.8 Å². The smallest absolute Gasteiger partial charge is 0.250 e. The number of carbonyl (C=O) groups excluding carboxylic acids is 2. The molecule has 0 bridgehead atoms. The Hall–Kier alpha value is -4.95. The summed E-state index contributed by atoms with van der Waals surface area (Å²) in [6.45, 7) is 8.13. The summed E-state index contributed by atoms with van der Waals surface area (Å²) in [5.74, 6) is 0.118. The molecule has 0 aliphatic heterocycles. The summed E-state index contributed by atoms with van der Waals surface area (Å²) in [5, 5.41) is 14.7. The van der Waals surface area contributed by atoms with E-state index in [0.29, 0.717) is 30.7 Å². The van der Waals surface area contributed by atoms with Crippen LogP contribution >= 0.6 is 0 Å². The average molecular weight is 585 g/mol. The first kappa shape index (κ1) is 34.3. The van der Waals surface area contributed by atoms with Crippen molar-refractivity contribution in [2.45, 2.75) is 33.1 Å². The third-order valence-corrected chi connectivity index (χ3v) is 6.65. The van der Waals surface area contributed by atoms with E-state index in [-0.39, 0.29) is 0 Å². The van der Waals surface area contributed by atoms with Gasteiger partial charge in [-0.15, -0.1) is 0 Å². The quantitative estimate of drug-likeness (QED) is 0.143. The number of anilines is 2. The Balaban J connectivity index is 0.000000317. The molecular weight excluding hydrogens is 543 g/mol. The van der Waals surface area contributed by atoms with Gasteiger partial charge in [0.25, 0.3) is 5.91 Å². The molecule has 8 heteroatoms. The van der Waals surface area contributed by atoms with Gasteiger partial charge < -0.3 is 31.3 Å². The number of nitrogens with two attached hydrogens (primary N) is 1. The lowest BCUT2D eigenvalue weighted by Crippen LogP contribution is -2.17. The maximum Gasteiger partial charge on any atom is 0.250 e. The van der Waals surface area contributed by atoms with Gasteiger partial charge in [-0.25, -0.2) is 0 Å². The number of benzene rings is 3. The lowest BCUT2D eigenvalue weighted by Gasteiger charge is -2.18. The van der Waals surface area contributed by atoms with Gasteiger partial charge in [0.1, 0.15) is 12.1 Å². The number of aliphatic hydroxyl groups excluding tert-OH is 1. The number of alkyl halides is 1. The Morgan fingerprint density at radius 2 is 1.74 bits per heavy atom. The van der Waals surface area contributed by atoms with Gasteiger partial charge in [-0.2, -0.15) is 0 Å². The van der Waals surface area contributed by atoms with Crippen molar-refractivity contribution in [1.82, 2.24) is 4.98 Å². The monoisotopic (exact) mass is 584 g/mol. The largest absolute Gasteiger partial charge is 0.400 e. The summed E-state index contributed by atoms with van der Waals surface area (Å²) in [6, 6.07) is 18.0. The fourth-order valence-corrected chi connectivity index (χ4v) is 4.64. The Kier molecular flexibility index (Phi) is 14.2. The van der Waals surface area contributed by atoms with Gasteiger partial charge in [-0.05, 0) is 72.7 Å². The molecule has 1 aliphatic carbocycles. The third kappa shape index (κ3) is 9.55. The molecule has 0 saturated carbocycles. The third-order valence-electron chi connectivity index (χ3n) is 6.65. The van der Waals surface area contributed by atoms with Crippen LogP contribution in [0.3, 0.4) is 0 Å². The zero-order chi connectivity index (χ0) is 31.8. The molecule has 0 fully saturated rings. The van der Waals surface area contributed by atoms with Crippen LogP contribution in [0.4, 0.5) is 15.8 Å². The maximum absolute atomic E-state index is 11.9. The highest BCUT2D eigenvalue weighted by atomic mass is 19.1. The van der Waals surface area contributed by atoms with E-state index < -0.39 is 5.91 Å². The molecule has 1 aliphatic rings. The number of aromatic nitrogens is 1. The number of aromatic amines is 1. The molecular formula is C35H41FN4O3. The van der Waals surface area contributed by atoms with Crippen LogP contribution in [0.15, 0.2) is 91.4 Å². The first-order chi connectivity index (χ1) is 20.9. The molecule has 1 aromatic heterocycles.